The summed E-state index contributed by atoms with van der Waals surface area (Å²) in [6, 6.07) is 1.65. The monoisotopic (exact) mass is 226 g/mol. The summed E-state index contributed by atoms with van der Waals surface area (Å²) in [5.74, 6) is 0.642. The molecule has 0 saturated heterocycles. The second kappa shape index (κ2) is 6.12. The lowest BCUT2D eigenvalue weighted by Gasteiger charge is -2.11. The Labute approximate surface area is 94.8 Å². The third-order valence-electron chi connectivity index (χ3n) is 2.07. The van der Waals surface area contributed by atoms with E-state index in [1.54, 1.807) is 19.4 Å². The molecule has 1 unspecified atom stereocenters. The van der Waals surface area contributed by atoms with Gasteiger partial charge in [0, 0.05) is 19.9 Å². The molecule has 0 aromatic carbocycles. The Bertz CT molecular complexity index is 337. The zero-order chi connectivity index (χ0) is 12.0. The molecule has 16 heavy (non-hydrogen) atoms. The summed E-state index contributed by atoms with van der Waals surface area (Å²) in [5.41, 5.74) is 5.44. The van der Waals surface area contributed by atoms with Crippen LogP contribution in [-0.2, 0) is 16.1 Å². The van der Waals surface area contributed by atoms with E-state index < -0.39 is 0 Å². The van der Waals surface area contributed by atoms with E-state index in [9.17, 15) is 4.79 Å². The molecule has 0 aliphatic rings. The number of carbonyl (C=O) groups excluding carboxylic acids is 1. The standard InChI is InChI=1S/C10H18N4O2/c1-8(7-16-2)5-12-10(15)6-14-4-3-9(11)13-14/h3-4,8H,5-7H2,1-2H3,(H2,11,13)(H,12,15). The molecule has 1 heterocycles. The van der Waals surface area contributed by atoms with Gasteiger partial charge in [-0.25, -0.2) is 0 Å². The van der Waals surface area contributed by atoms with Crippen molar-refractivity contribution in [1.82, 2.24) is 15.1 Å². The minimum Gasteiger partial charge on any atom is -0.384 e. The fourth-order valence-electron chi connectivity index (χ4n) is 1.30. The van der Waals surface area contributed by atoms with Gasteiger partial charge < -0.3 is 15.8 Å². The van der Waals surface area contributed by atoms with Crippen LogP contribution in [0.2, 0.25) is 0 Å². The Hall–Kier alpha value is -1.56. The van der Waals surface area contributed by atoms with Crippen molar-refractivity contribution in [1.29, 1.82) is 0 Å². The van der Waals surface area contributed by atoms with Crippen molar-refractivity contribution in [3.05, 3.63) is 12.3 Å². The van der Waals surface area contributed by atoms with Crippen LogP contribution in [0.5, 0.6) is 0 Å². The number of hydrogen-bond acceptors (Lipinski definition) is 4. The molecular formula is C10H18N4O2. The molecule has 1 aromatic rings. The maximum atomic E-state index is 11.5. The number of nitrogens with one attached hydrogen (secondary N) is 1. The minimum atomic E-state index is -0.0777. The van der Waals surface area contributed by atoms with Gasteiger partial charge in [-0.1, -0.05) is 6.92 Å². The van der Waals surface area contributed by atoms with Gasteiger partial charge in [0.25, 0.3) is 0 Å². The molecule has 0 aliphatic carbocycles. The zero-order valence-corrected chi connectivity index (χ0v) is 9.64. The Balaban J connectivity index is 2.26. The molecule has 6 heteroatoms. The number of nitrogens with two attached hydrogens (primary N) is 1. The van der Waals surface area contributed by atoms with Crippen molar-refractivity contribution in [2.75, 3.05) is 26.0 Å². The van der Waals surface area contributed by atoms with Gasteiger partial charge in [-0.3, -0.25) is 9.48 Å². The number of rotatable bonds is 6. The predicted molar refractivity (Wildman–Crippen MR) is 60.7 cm³/mol. The van der Waals surface area contributed by atoms with E-state index in [0.717, 1.165) is 0 Å². The highest BCUT2D eigenvalue weighted by Gasteiger charge is 2.06. The fraction of sp³-hybridized carbons (Fsp3) is 0.600. The van der Waals surface area contributed by atoms with E-state index in [1.807, 2.05) is 6.92 Å². The summed E-state index contributed by atoms with van der Waals surface area (Å²) in [6.07, 6.45) is 1.67. The molecule has 0 fully saturated rings. The molecule has 6 nitrogen and oxygen atoms in total. The van der Waals surface area contributed by atoms with Crippen LogP contribution in [0.3, 0.4) is 0 Å². The van der Waals surface area contributed by atoms with Crippen LogP contribution in [0.1, 0.15) is 6.92 Å². The quantitative estimate of drug-likeness (QED) is 0.707. The largest absolute Gasteiger partial charge is 0.384 e. The van der Waals surface area contributed by atoms with Gasteiger partial charge >= 0.3 is 0 Å². The van der Waals surface area contributed by atoms with Crippen LogP contribution < -0.4 is 11.1 Å². The third kappa shape index (κ3) is 4.31. The van der Waals surface area contributed by atoms with E-state index in [4.69, 9.17) is 10.5 Å². The minimum absolute atomic E-state index is 0.0777. The molecule has 0 radical (unpaired) electrons. The van der Waals surface area contributed by atoms with Crippen molar-refractivity contribution in [3.8, 4) is 0 Å². The van der Waals surface area contributed by atoms with Crippen molar-refractivity contribution in [2.45, 2.75) is 13.5 Å². The molecule has 0 saturated carbocycles. The highest BCUT2D eigenvalue weighted by atomic mass is 16.5. The van der Waals surface area contributed by atoms with Crippen molar-refractivity contribution in [3.63, 3.8) is 0 Å². The Morgan fingerprint density at radius 2 is 2.50 bits per heavy atom. The molecule has 1 aromatic heterocycles. The molecule has 1 atom stereocenters. The van der Waals surface area contributed by atoms with Crippen LogP contribution in [0.4, 0.5) is 5.82 Å². The smallest absolute Gasteiger partial charge is 0.241 e. The van der Waals surface area contributed by atoms with Gasteiger partial charge in [0.1, 0.15) is 12.4 Å². The van der Waals surface area contributed by atoms with Crippen LogP contribution in [-0.4, -0.2) is 35.9 Å². The average Bonchev–Trinajstić information content (AvgIpc) is 2.61. The number of nitrogens with zero attached hydrogens (tertiary/aromatic N) is 2. The lowest BCUT2D eigenvalue weighted by molar-refractivity contribution is -0.122. The molecule has 0 aliphatic heterocycles. The number of anilines is 1. The van der Waals surface area contributed by atoms with Gasteiger partial charge in [0.15, 0.2) is 0 Å². The first-order valence-corrected chi connectivity index (χ1v) is 5.16. The highest BCUT2D eigenvalue weighted by molar-refractivity contribution is 5.75. The third-order valence-corrected chi connectivity index (χ3v) is 2.07. The van der Waals surface area contributed by atoms with Crippen LogP contribution in [0.25, 0.3) is 0 Å². The first-order valence-electron chi connectivity index (χ1n) is 5.16. The van der Waals surface area contributed by atoms with E-state index >= 15 is 0 Å². The van der Waals surface area contributed by atoms with Crippen LogP contribution >= 0.6 is 0 Å². The average molecular weight is 226 g/mol. The zero-order valence-electron chi connectivity index (χ0n) is 9.64. The second-order valence-electron chi connectivity index (χ2n) is 3.80. The molecule has 1 rings (SSSR count). The SMILES string of the molecule is COCC(C)CNC(=O)Cn1ccc(N)n1. The highest BCUT2D eigenvalue weighted by Crippen LogP contribution is 1.96. The topological polar surface area (TPSA) is 82.2 Å². The Morgan fingerprint density at radius 1 is 1.75 bits per heavy atom. The first-order chi connectivity index (χ1) is 7.61. The summed E-state index contributed by atoms with van der Waals surface area (Å²) < 4.78 is 6.48. The summed E-state index contributed by atoms with van der Waals surface area (Å²) in [7, 11) is 1.64. The van der Waals surface area contributed by atoms with Gasteiger partial charge in [0.2, 0.25) is 5.91 Å². The van der Waals surface area contributed by atoms with Gasteiger partial charge in [-0.15, -0.1) is 0 Å². The molecular weight excluding hydrogens is 208 g/mol. The number of ether oxygens (including phenoxy) is 1. The lowest BCUT2D eigenvalue weighted by Crippen LogP contribution is -2.32. The van der Waals surface area contributed by atoms with E-state index in [0.29, 0.717) is 24.9 Å². The Morgan fingerprint density at radius 3 is 3.06 bits per heavy atom. The number of aromatic nitrogens is 2. The molecule has 1 amide bonds. The Kier molecular flexibility index (Phi) is 4.78. The predicted octanol–water partition coefficient (Wildman–Crippen LogP) is -0.136. The van der Waals surface area contributed by atoms with Gasteiger partial charge in [-0.2, -0.15) is 5.10 Å². The summed E-state index contributed by atoms with van der Waals surface area (Å²) in [5, 5.41) is 6.73. The van der Waals surface area contributed by atoms with Crippen molar-refractivity contribution >= 4 is 11.7 Å². The van der Waals surface area contributed by atoms with Crippen LogP contribution in [0, 0.1) is 5.92 Å². The van der Waals surface area contributed by atoms with Crippen LogP contribution in [0.15, 0.2) is 12.3 Å². The second-order valence-corrected chi connectivity index (χ2v) is 3.80. The number of carbonyl (C=O) groups is 1. The number of methoxy groups -OCH3 is 1. The lowest BCUT2D eigenvalue weighted by atomic mass is 10.2. The van der Waals surface area contributed by atoms with E-state index in [-0.39, 0.29) is 12.5 Å². The summed E-state index contributed by atoms with van der Waals surface area (Å²) >= 11 is 0. The van der Waals surface area contributed by atoms with Crippen molar-refractivity contribution in [2.24, 2.45) is 5.92 Å². The first kappa shape index (κ1) is 12.5. The van der Waals surface area contributed by atoms with E-state index in [1.165, 1.54) is 4.68 Å². The molecule has 90 valence electrons. The summed E-state index contributed by atoms with van der Waals surface area (Å²) in [4.78, 5) is 11.5. The fourth-order valence-corrected chi connectivity index (χ4v) is 1.30. The maximum absolute atomic E-state index is 11.5. The molecule has 0 bridgehead atoms. The maximum Gasteiger partial charge on any atom is 0.241 e. The van der Waals surface area contributed by atoms with Gasteiger partial charge in [-0.05, 0) is 12.0 Å². The van der Waals surface area contributed by atoms with Crippen molar-refractivity contribution < 1.29 is 9.53 Å². The number of hydrogen-bond donors (Lipinski definition) is 2. The molecule has 0 spiro atoms. The number of nitrogen functional groups attached to an aromatic ring is 1. The van der Waals surface area contributed by atoms with Gasteiger partial charge in [0.05, 0.1) is 6.61 Å². The van der Waals surface area contributed by atoms with E-state index in [2.05, 4.69) is 10.4 Å². The number of amides is 1. The normalized spacial score (nSPS) is 12.4. The summed E-state index contributed by atoms with van der Waals surface area (Å²) in [6.45, 7) is 3.44. The molecule has 3 N–H and O–H groups in total.